The molecule has 0 spiro atoms. The third-order valence-corrected chi connectivity index (χ3v) is 4.32. The number of halogens is 2. The number of carbonyl (C=O) groups excluding carboxylic acids is 2. The molecule has 2 amide bonds. The molecule has 0 aromatic heterocycles. The number of amides is 2. The van der Waals surface area contributed by atoms with E-state index in [-0.39, 0.29) is 5.69 Å². The Morgan fingerprint density at radius 3 is 2.46 bits per heavy atom. The van der Waals surface area contributed by atoms with Gasteiger partial charge < -0.3 is 15.5 Å². The number of hydrogen-bond acceptors (Lipinski definition) is 3. The van der Waals surface area contributed by atoms with E-state index in [1.807, 2.05) is 0 Å². The van der Waals surface area contributed by atoms with Crippen LogP contribution in [0.15, 0.2) is 18.2 Å². The van der Waals surface area contributed by atoms with E-state index >= 15 is 0 Å². The second-order valence-corrected chi connectivity index (χ2v) is 6.36. The van der Waals surface area contributed by atoms with E-state index in [1.54, 1.807) is 0 Å². The van der Waals surface area contributed by atoms with Gasteiger partial charge in [-0.2, -0.15) is 0 Å². The second-order valence-electron chi connectivity index (χ2n) is 6.36. The Morgan fingerprint density at radius 1 is 1.21 bits per heavy atom. The zero-order chi connectivity index (χ0) is 17.7. The van der Waals surface area contributed by atoms with Crippen molar-refractivity contribution in [1.29, 1.82) is 0 Å². The number of nitrogens with one attached hydrogen (secondary N) is 2. The molecule has 1 fully saturated rings. The maximum Gasteiger partial charge on any atom is 0.313 e. The van der Waals surface area contributed by atoms with Crippen LogP contribution in [-0.4, -0.2) is 42.4 Å². The first kappa shape index (κ1) is 18.3. The van der Waals surface area contributed by atoms with Crippen molar-refractivity contribution < 1.29 is 18.4 Å². The average molecular weight is 339 g/mol. The van der Waals surface area contributed by atoms with Crippen LogP contribution >= 0.6 is 0 Å². The summed E-state index contributed by atoms with van der Waals surface area (Å²) in [6, 6.07) is 3.25. The van der Waals surface area contributed by atoms with Crippen LogP contribution in [0.4, 0.5) is 14.5 Å². The Bertz CT molecular complexity index is 599. The lowest BCUT2D eigenvalue weighted by Gasteiger charge is -2.34. The Labute approximate surface area is 140 Å². The van der Waals surface area contributed by atoms with E-state index < -0.39 is 23.4 Å². The molecule has 2 rings (SSSR count). The Kier molecular flexibility index (Phi) is 6.25. The minimum absolute atomic E-state index is 0.221. The van der Waals surface area contributed by atoms with Gasteiger partial charge in [0.1, 0.15) is 11.6 Å². The molecule has 0 saturated carbocycles. The van der Waals surface area contributed by atoms with Gasteiger partial charge in [-0.3, -0.25) is 9.59 Å². The van der Waals surface area contributed by atoms with E-state index in [2.05, 4.69) is 29.4 Å². The van der Waals surface area contributed by atoms with Gasteiger partial charge in [0.2, 0.25) is 0 Å². The third kappa shape index (κ3) is 4.99. The summed E-state index contributed by atoms with van der Waals surface area (Å²) >= 11 is 0. The molecule has 7 heteroatoms. The molecule has 0 unspecified atom stereocenters. The SMILES string of the molecule is CC(C)N1CCC(CNC(=O)C(=O)Nc2ccc(F)cc2F)CC1. The molecular weight excluding hydrogens is 316 g/mol. The summed E-state index contributed by atoms with van der Waals surface area (Å²) in [6.45, 7) is 6.68. The van der Waals surface area contributed by atoms with Gasteiger partial charge in [0.05, 0.1) is 5.69 Å². The van der Waals surface area contributed by atoms with Gasteiger partial charge in [-0.1, -0.05) is 0 Å². The molecule has 1 heterocycles. The maximum absolute atomic E-state index is 13.5. The van der Waals surface area contributed by atoms with Crippen LogP contribution in [0.25, 0.3) is 0 Å². The van der Waals surface area contributed by atoms with Crippen molar-refractivity contribution in [3.8, 4) is 0 Å². The number of nitrogens with zero attached hydrogens (tertiary/aromatic N) is 1. The highest BCUT2D eigenvalue weighted by molar-refractivity contribution is 6.39. The van der Waals surface area contributed by atoms with Crippen LogP contribution in [0.2, 0.25) is 0 Å². The molecular formula is C17H23F2N3O2. The lowest BCUT2D eigenvalue weighted by molar-refractivity contribution is -0.136. The van der Waals surface area contributed by atoms with Crippen LogP contribution in [0.5, 0.6) is 0 Å². The first-order chi connectivity index (χ1) is 11.4. The van der Waals surface area contributed by atoms with Crippen LogP contribution in [0.3, 0.4) is 0 Å². The molecule has 1 aromatic rings. The number of carbonyl (C=O) groups is 2. The van der Waals surface area contributed by atoms with Gasteiger partial charge in [-0.05, 0) is 57.8 Å². The van der Waals surface area contributed by atoms with Crippen molar-refractivity contribution in [3.63, 3.8) is 0 Å². The van der Waals surface area contributed by atoms with Crippen molar-refractivity contribution in [2.24, 2.45) is 5.92 Å². The van der Waals surface area contributed by atoms with Crippen molar-refractivity contribution in [2.75, 3.05) is 25.0 Å². The number of anilines is 1. The molecule has 0 aliphatic carbocycles. The molecule has 2 N–H and O–H groups in total. The van der Waals surface area contributed by atoms with E-state index in [4.69, 9.17) is 0 Å². The summed E-state index contributed by atoms with van der Waals surface area (Å²) in [7, 11) is 0. The first-order valence-electron chi connectivity index (χ1n) is 8.15. The number of piperidine rings is 1. The van der Waals surface area contributed by atoms with Gasteiger partial charge >= 0.3 is 11.8 Å². The molecule has 132 valence electrons. The van der Waals surface area contributed by atoms with Gasteiger partial charge in [0, 0.05) is 18.7 Å². The van der Waals surface area contributed by atoms with Crippen molar-refractivity contribution >= 4 is 17.5 Å². The van der Waals surface area contributed by atoms with Crippen molar-refractivity contribution in [3.05, 3.63) is 29.8 Å². The summed E-state index contributed by atoms with van der Waals surface area (Å²) in [4.78, 5) is 26.0. The van der Waals surface area contributed by atoms with Gasteiger partial charge in [0.25, 0.3) is 0 Å². The highest BCUT2D eigenvalue weighted by Crippen LogP contribution is 2.18. The largest absolute Gasteiger partial charge is 0.348 e. The summed E-state index contributed by atoms with van der Waals surface area (Å²) in [5, 5.41) is 4.73. The number of benzene rings is 1. The normalized spacial score (nSPS) is 16.2. The average Bonchev–Trinajstić information content (AvgIpc) is 2.55. The van der Waals surface area contributed by atoms with Crippen molar-refractivity contribution in [1.82, 2.24) is 10.2 Å². The molecule has 5 nitrogen and oxygen atoms in total. The van der Waals surface area contributed by atoms with E-state index in [9.17, 15) is 18.4 Å². The number of rotatable bonds is 4. The highest BCUT2D eigenvalue weighted by atomic mass is 19.1. The zero-order valence-corrected chi connectivity index (χ0v) is 13.9. The summed E-state index contributed by atoms with van der Waals surface area (Å²) < 4.78 is 26.3. The van der Waals surface area contributed by atoms with Gasteiger partial charge in [0.15, 0.2) is 0 Å². The summed E-state index contributed by atoms with van der Waals surface area (Å²) in [5.41, 5.74) is -0.221. The Hall–Kier alpha value is -2.02. The molecule has 0 radical (unpaired) electrons. The van der Waals surface area contributed by atoms with Crippen LogP contribution < -0.4 is 10.6 Å². The fourth-order valence-electron chi connectivity index (χ4n) is 2.76. The standard InChI is InChI=1S/C17H23F2N3O2/c1-11(2)22-7-5-12(6-8-22)10-20-16(23)17(24)21-15-4-3-13(18)9-14(15)19/h3-4,9,11-12H,5-8,10H2,1-2H3,(H,20,23)(H,21,24). The maximum atomic E-state index is 13.5. The minimum atomic E-state index is -0.958. The topological polar surface area (TPSA) is 61.4 Å². The summed E-state index contributed by atoms with van der Waals surface area (Å²) in [5.74, 6) is -3.11. The zero-order valence-electron chi connectivity index (χ0n) is 13.9. The quantitative estimate of drug-likeness (QED) is 0.826. The predicted molar refractivity (Wildman–Crippen MR) is 87.4 cm³/mol. The summed E-state index contributed by atoms with van der Waals surface area (Å²) in [6.07, 6.45) is 1.93. The van der Waals surface area contributed by atoms with Gasteiger partial charge in [-0.15, -0.1) is 0 Å². The lowest BCUT2D eigenvalue weighted by Crippen LogP contribution is -2.43. The fourth-order valence-corrected chi connectivity index (χ4v) is 2.76. The van der Waals surface area contributed by atoms with E-state index in [1.165, 1.54) is 0 Å². The Balaban J connectivity index is 1.77. The molecule has 24 heavy (non-hydrogen) atoms. The van der Waals surface area contributed by atoms with Crippen LogP contribution in [0, 0.1) is 17.6 Å². The number of likely N-dealkylation sites (tertiary alicyclic amines) is 1. The third-order valence-electron chi connectivity index (χ3n) is 4.32. The smallest absolute Gasteiger partial charge is 0.313 e. The first-order valence-corrected chi connectivity index (χ1v) is 8.15. The molecule has 1 aromatic carbocycles. The fraction of sp³-hybridized carbons (Fsp3) is 0.529. The highest BCUT2D eigenvalue weighted by Gasteiger charge is 2.22. The monoisotopic (exact) mass is 339 g/mol. The van der Waals surface area contributed by atoms with E-state index in [0.29, 0.717) is 24.6 Å². The molecule has 0 atom stereocenters. The van der Waals surface area contributed by atoms with Gasteiger partial charge in [-0.25, -0.2) is 8.78 Å². The second kappa shape index (κ2) is 8.19. The minimum Gasteiger partial charge on any atom is -0.348 e. The van der Waals surface area contributed by atoms with Crippen molar-refractivity contribution in [2.45, 2.75) is 32.7 Å². The molecule has 0 bridgehead atoms. The molecule has 1 saturated heterocycles. The van der Waals surface area contributed by atoms with Crippen LogP contribution in [-0.2, 0) is 9.59 Å². The Morgan fingerprint density at radius 2 is 1.88 bits per heavy atom. The lowest BCUT2D eigenvalue weighted by atomic mass is 9.96. The van der Waals surface area contributed by atoms with E-state index in [0.717, 1.165) is 38.1 Å². The van der Waals surface area contributed by atoms with Crippen LogP contribution in [0.1, 0.15) is 26.7 Å². The molecule has 1 aliphatic rings. The molecule has 1 aliphatic heterocycles. The number of hydrogen-bond donors (Lipinski definition) is 2. The predicted octanol–water partition coefficient (Wildman–Crippen LogP) is 2.14.